The first-order chi connectivity index (χ1) is 10.6. The van der Waals surface area contributed by atoms with Crippen LogP contribution in [-0.2, 0) is 9.53 Å². The Morgan fingerprint density at radius 3 is 2.82 bits per heavy atom. The SMILES string of the molecule is CCOCCC(=O)N[C@H](C)c1cnn(-c2ccc(F)cc2)c1. The normalized spacial score (nSPS) is 12.1. The summed E-state index contributed by atoms with van der Waals surface area (Å²) in [5.74, 6) is -0.346. The summed E-state index contributed by atoms with van der Waals surface area (Å²) >= 11 is 0. The van der Waals surface area contributed by atoms with Crippen molar-refractivity contribution in [1.82, 2.24) is 15.1 Å². The van der Waals surface area contributed by atoms with Crippen molar-refractivity contribution in [2.75, 3.05) is 13.2 Å². The second-order valence-electron chi connectivity index (χ2n) is 4.93. The molecule has 22 heavy (non-hydrogen) atoms. The Hall–Kier alpha value is -2.21. The molecule has 1 aromatic carbocycles. The van der Waals surface area contributed by atoms with Gasteiger partial charge in [0.15, 0.2) is 0 Å². The molecule has 6 heteroatoms. The van der Waals surface area contributed by atoms with Gasteiger partial charge < -0.3 is 10.1 Å². The van der Waals surface area contributed by atoms with E-state index in [1.54, 1.807) is 23.0 Å². The first-order valence-corrected chi connectivity index (χ1v) is 7.27. The lowest BCUT2D eigenvalue weighted by Crippen LogP contribution is -2.27. The highest BCUT2D eigenvalue weighted by molar-refractivity contribution is 5.76. The van der Waals surface area contributed by atoms with Gasteiger partial charge in [-0.25, -0.2) is 9.07 Å². The third kappa shape index (κ3) is 4.39. The molecule has 0 aliphatic carbocycles. The molecule has 1 amide bonds. The number of aromatic nitrogens is 2. The fourth-order valence-corrected chi connectivity index (χ4v) is 2.00. The zero-order valence-electron chi connectivity index (χ0n) is 12.8. The Labute approximate surface area is 129 Å². The molecule has 0 unspecified atom stereocenters. The summed E-state index contributed by atoms with van der Waals surface area (Å²) in [5.41, 5.74) is 1.65. The third-order valence-electron chi connectivity index (χ3n) is 3.25. The Kier molecular flexibility index (Phi) is 5.66. The number of amides is 1. The second kappa shape index (κ2) is 7.70. The van der Waals surface area contributed by atoms with Crippen LogP contribution in [0.5, 0.6) is 0 Å². The van der Waals surface area contributed by atoms with E-state index in [2.05, 4.69) is 10.4 Å². The molecule has 1 aromatic heterocycles. The molecule has 2 aromatic rings. The molecule has 118 valence electrons. The van der Waals surface area contributed by atoms with Crippen molar-refractivity contribution in [2.24, 2.45) is 0 Å². The van der Waals surface area contributed by atoms with Gasteiger partial charge in [-0.3, -0.25) is 4.79 Å². The Balaban J connectivity index is 1.95. The zero-order valence-corrected chi connectivity index (χ0v) is 12.8. The monoisotopic (exact) mass is 305 g/mol. The van der Waals surface area contributed by atoms with E-state index in [9.17, 15) is 9.18 Å². The van der Waals surface area contributed by atoms with Gasteiger partial charge in [-0.1, -0.05) is 0 Å². The number of ether oxygens (including phenoxy) is 1. The van der Waals surface area contributed by atoms with E-state index in [1.165, 1.54) is 12.1 Å². The fraction of sp³-hybridized carbons (Fsp3) is 0.375. The van der Waals surface area contributed by atoms with Crippen molar-refractivity contribution in [3.63, 3.8) is 0 Å². The molecule has 0 spiro atoms. The highest BCUT2D eigenvalue weighted by atomic mass is 19.1. The van der Waals surface area contributed by atoms with Crippen molar-refractivity contribution < 1.29 is 13.9 Å². The van der Waals surface area contributed by atoms with Crippen LogP contribution in [0.2, 0.25) is 0 Å². The molecule has 0 aliphatic rings. The van der Waals surface area contributed by atoms with Gasteiger partial charge in [-0.05, 0) is 38.1 Å². The second-order valence-corrected chi connectivity index (χ2v) is 4.93. The lowest BCUT2D eigenvalue weighted by Gasteiger charge is -2.12. The lowest BCUT2D eigenvalue weighted by molar-refractivity contribution is -0.122. The number of rotatable bonds is 7. The molecule has 0 bridgehead atoms. The van der Waals surface area contributed by atoms with E-state index in [0.717, 1.165) is 11.3 Å². The zero-order chi connectivity index (χ0) is 15.9. The molecule has 2 rings (SSSR count). The molecule has 1 heterocycles. The lowest BCUT2D eigenvalue weighted by atomic mass is 10.2. The molecule has 1 atom stereocenters. The van der Waals surface area contributed by atoms with E-state index in [0.29, 0.717) is 19.6 Å². The van der Waals surface area contributed by atoms with Crippen LogP contribution >= 0.6 is 0 Å². The van der Waals surface area contributed by atoms with Crippen LogP contribution < -0.4 is 5.32 Å². The van der Waals surface area contributed by atoms with Crippen LogP contribution in [0.15, 0.2) is 36.7 Å². The van der Waals surface area contributed by atoms with Crippen molar-refractivity contribution in [3.8, 4) is 5.69 Å². The van der Waals surface area contributed by atoms with Crippen LogP contribution in [0.3, 0.4) is 0 Å². The number of hydrogen-bond donors (Lipinski definition) is 1. The van der Waals surface area contributed by atoms with E-state index in [-0.39, 0.29) is 17.8 Å². The minimum atomic E-state index is -0.286. The molecular formula is C16H20FN3O2. The molecule has 0 saturated heterocycles. The minimum Gasteiger partial charge on any atom is -0.381 e. The van der Waals surface area contributed by atoms with Crippen LogP contribution in [0, 0.1) is 5.82 Å². The maximum absolute atomic E-state index is 12.9. The summed E-state index contributed by atoms with van der Waals surface area (Å²) in [6.45, 7) is 4.81. The Bertz CT molecular complexity index is 610. The molecule has 0 aliphatic heterocycles. The fourth-order valence-electron chi connectivity index (χ4n) is 2.00. The predicted octanol–water partition coefficient (Wildman–Crippen LogP) is 2.62. The summed E-state index contributed by atoms with van der Waals surface area (Å²) in [4.78, 5) is 11.8. The molecular weight excluding hydrogens is 285 g/mol. The molecule has 0 radical (unpaired) electrons. The number of hydrogen-bond acceptors (Lipinski definition) is 3. The predicted molar refractivity (Wildman–Crippen MR) is 81.2 cm³/mol. The Morgan fingerprint density at radius 2 is 2.14 bits per heavy atom. The van der Waals surface area contributed by atoms with Gasteiger partial charge >= 0.3 is 0 Å². The van der Waals surface area contributed by atoms with E-state index < -0.39 is 0 Å². The molecule has 0 saturated carbocycles. The van der Waals surface area contributed by atoms with Crippen molar-refractivity contribution in [3.05, 3.63) is 48.0 Å². The quantitative estimate of drug-likeness (QED) is 0.800. The van der Waals surface area contributed by atoms with Crippen LogP contribution in [0.4, 0.5) is 4.39 Å². The van der Waals surface area contributed by atoms with E-state index >= 15 is 0 Å². The maximum Gasteiger partial charge on any atom is 0.222 e. The topological polar surface area (TPSA) is 56.1 Å². The average Bonchev–Trinajstić information content (AvgIpc) is 2.98. The van der Waals surface area contributed by atoms with Gasteiger partial charge in [-0.15, -0.1) is 0 Å². The van der Waals surface area contributed by atoms with Gasteiger partial charge in [0.05, 0.1) is 24.5 Å². The van der Waals surface area contributed by atoms with Gasteiger partial charge in [0, 0.05) is 24.8 Å². The number of carbonyl (C=O) groups excluding carboxylic acids is 1. The first-order valence-electron chi connectivity index (χ1n) is 7.27. The van der Waals surface area contributed by atoms with Crippen molar-refractivity contribution in [1.29, 1.82) is 0 Å². The van der Waals surface area contributed by atoms with Gasteiger partial charge in [0.25, 0.3) is 0 Å². The summed E-state index contributed by atoms with van der Waals surface area (Å²) in [7, 11) is 0. The Morgan fingerprint density at radius 1 is 1.41 bits per heavy atom. The smallest absolute Gasteiger partial charge is 0.222 e. The van der Waals surface area contributed by atoms with Crippen molar-refractivity contribution in [2.45, 2.75) is 26.3 Å². The number of carbonyl (C=O) groups is 1. The highest BCUT2D eigenvalue weighted by Crippen LogP contribution is 2.15. The molecule has 5 nitrogen and oxygen atoms in total. The molecule has 1 N–H and O–H groups in total. The molecule has 0 fully saturated rings. The maximum atomic E-state index is 12.9. The summed E-state index contributed by atoms with van der Waals surface area (Å²) < 4.78 is 19.7. The summed E-state index contributed by atoms with van der Waals surface area (Å²) in [6, 6.07) is 5.92. The average molecular weight is 305 g/mol. The summed E-state index contributed by atoms with van der Waals surface area (Å²) in [5, 5.41) is 7.13. The number of benzene rings is 1. The first kappa shape index (κ1) is 16.2. The highest BCUT2D eigenvalue weighted by Gasteiger charge is 2.12. The summed E-state index contributed by atoms with van der Waals surface area (Å²) in [6.07, 6.45) is 3.85. The standard InChI is InChI=1S/C16H20FN3O2/c1-3-22-9-8-16(21)19-12(2)13-10-18-20(11-13)15-6-4-14(17)5-7-15/h4-7,10-12H,3,8-9H2,1-2H3,(H,19,21)/t12-/m1/s1. The van der Waals surface area contributed by atoms with Crippen LogP contribution in [0.1, 0.15) is 31.9 Å². The largest absolute Gasteiger partial charge is 0.381 e. The van der Waals surface area contributed by atoms with E-state index in [4.69, 9.17) is 4.74 Å². The number of nitrogens with one attached hydrogen (secondary N) is 1. The third-order valence-corrected chi connectivity index (χ3v) is 3.25. The van der Waals surface area contributed by atoms with Crippen molar-refractivity contribution >= 4 is 5.91 Å². The minimum absolute atomic E-state index is 0.0597. The number of halogens is 1. The van der Waals surface area contributed by atoms with E-state index in [1.807, 2.05) is 20.0 Å². The van der Waals surface area contributed by atoms with Crippen LogP contribution in [0.25, 0.3) is 5.69 Å². The van der Waals surface area contributed by atoms with Gasteiger partial charge in [0.1, 0.15) is 5.82 Å². The van der Waals surface area contributed by atoms with Gasteiger partial charge in [-0.2, -0.15) is 5.10 Å². The van der Waals surface area contributed by atoms with Crippen LogP contribution in [-0.4, -0.2) is 28.9 Å². The van der Waals surface area contributed by atoms with Gasteiger partial charge in [0.2, 0.25) is 5.91 Å². The number of nitrogens with zero attached hydrogens (tertiary/aromatic N) is 2.